The first-order valence-corrected chi connectivity index (χ1v) is 8.76. The molecular weight excluding hydrogens is 349 g/mol. The van der Waals surface area contributed by atoms with E-state index in [2.05, 4.69) is 4.90 Å². The van der Waals surface area contributed by atoms with Crippen molar-refractivity contribution in [3.8, 4) is 0 Å². The molecule has 0 heterocycles. The topological polar surface area (TPSA) is 46.6 Å². The highest BCUT2D eigenvalue weighted by Gasteiger charge is 2.24. The Morgan fingerprint density at radius 3 is 2.08 bits per heavy atom. The number of carbonyl (C=O) groups excluding carboxylic acids is 2. The number of esters is 2. The van der Waals surface area contributed by atoms with Crippen molar-refractivity contribution in [3.63, 3.8) is 0 Å². The van der Waals surface area contributed by atoms with Gasteiger partial charge in [-0.05, 0) is 44.5 Å². The van der Waals surface area contributed by atoms with Crippen LogP contribution in [0.1, 0.15) is 26.3 Å². The zero-order chi connectivity index (χ0) is 18.2. The number of hydrogen-bond donors (Lipinski definition) is 0. The molecule has 1 aromatic carbocycles. The molecule has 132 valence electrons. The number of ether oxygens (including phenoxy) is 1. The van der Waals surface area contributed by atoms with Crippen LogP contribution in [-0.4, -0.2) is 36.8 Å². The SMILES string of the molecule is CC(C)(C)C(=O)OC(=O)/C=C/c1ccc(N(CCCl)CCCl)cc1. The van der Waals surface area contributed by atoms with E-state index in [-0.39, 0.29) is 0 Å². The number of halogens is 2. The van der Waals surface area contributed by atoms with Gasteiger partial charge in [-0.2, -0.15) is 0 Å². The molecule has 0 amide bonds. The number of alkyl halides is 2. The lowest BCUT2D eigenvalue weighted by atomic mass is 9.97. The first-order chi connectivity index (χ1) is 11.3. The molecule has 0 saturated heterocycles. The monoisotopic (exact) mass is 371 g/mol. The zero-order valence-electron chi connectivity index (χ0n) is 14.2. The van der Waals surface area contributed by atoms with Gasteiger partial charge in [-0.3, -0.25) is 4.79 Å². The molecule has 6 heteroatoms. The first kappa shape index (κ1) is 20.5. The summed E-state index contributed by atoms with van der Waals surface area (Å²) < 4.78 is 4.76. The van der Waals surface area contributed by atoms with E-state index in [4.69, 9.17) is 27.9 Å². The van der Waals surface area contributed by atoms with Crippen LogP contribution in [-0.2, 0) is 14.3 Å². The lowest BCUT2D eigenvalue weighted by Gasteiger charge is -2.22. The van der Waals surface area contributed by atoms with Gasteiger partial charge < -0.3 is 9.64 Å². The molecule has 0 fully saturated rings. The largest absolute Gasteiger partial charge is 0.389 e. The van der Waals surface area contributed by atoms with Gasteiger partial charge in [0.05, 0.1) is 5.41 Å². The molecule has 0 bridgehead atoms. The van der Waals surface area contributed by atoms with Crippen molar-refractivity contribution < 1.29 is 14.3 Å². The van der Waals surface area contributed by atoms with E-state index in [9.17, 15) is 9.59 Å². The van der Waals surface area contributed by atoms with E-state index in [1.54, 1.807) is 26.8 Å². The molecule has 0 radical (unpaired) electrons. The smallest absolute Gasteiger partial charge is 0.338 e. The summed E-state index contributed by atoms with van der Waals surface area (Å²) in [5.74, 6) is -0.187. The normalized spacial score (nSPS) is 11.5. The summed E-state index contributed by atoms with van der Waals surface area (Å²) in [5.41, 5.74) is 1.13. The third-order valence-corrected chi connectivity index (χ3v) is 3.52. The Labute approximate surface area is 153 Å². The molecule has 0 atom stereocenters. The lowest BCUT2D eigenvalue weighted by Crippen LogP contribution is -2.27. The minimum Gasteiger partial charge on any atom is -0.389 e. The highest BCUT2D eigenvalue weighted by molar-refractivity contribution is 6.18. The predicted octanol–water partition coefficient (Wildman–Crippen LogP) is 4.10. The molecule has 0 aliphatic carbocycles. The van der Waals surface area contributed by atoms with Crippen LogP contribution in [0.3, 0.4) is 0 Å². The predicted molar refractivity (Wildman–Crippen MR) is 99.7 cm³/mol. The summed E-state index contributed by atoms with van der Waals surface area (Å²) in [6.45, 7) is 6.50. The Hall–Kier alpha value is -1.52. The molecule has 0 N–H and O–H groups in total. The van der Waals surface area contributed by atoms with Crippen LogP contribution in [0.2, 0.25) is 0 Å². The van der Waals surface area contributed by atoms with Crippen molar-refractivity contribution in [1.29, 1.82) is 0 Å². The number of nitrogens with zero attached hydrogens (tertiary/aromatic N) is 1. The summed E-state index contributed by atoms with van der Waals surface area (Å²) in [4.78, 5) is 25.4. The summed E-state index contributed by atoms with van der Waals surface area (Å²) in [7, 11) is 0. The number of benzene rings is 1. The van der Waals surface area contributed by atoms with Gasteiger partial charge in [0.25, 0.3) is 0 Å². The van der Waals surface area contributed by atoms with Gasteiger partial charge in [0.15, 0.2) is 0 Å². The molecule has 1 rings (SSSR count). The van der Waals surface area contributed by atoms with E-state index < -0.39 is 17.4 Å². The van der Waals surface area contributed by atoms with Gasteiger partial charge in [0.1, 0.15) is 0 Å². The van der Waals surface area contributed by atoms with Gasteiger partial charge in [-0.1, -0.05) is 12.1 Å². The highest BCUT2D eigenvalue weighted by atomic mass is 35.5. The van der Waals surface area contributed by atoms with E-state index in [0.29, 0.717) is 24.8 Å². The number of hydrogen-bond acceptors (Lipinski definition) is 4. The van der Waals surface area contributed by atoms with Crippen LogP contribution in [0.25, 0.3) is 6.08 Å². The van der Waals surface area contributed by atoms with Crippen molar-refractivity contribution in [1.82, 2.24) is 0 Å². The highest BCUT2D eigenvalue weighted by Crippen LogP contribution is 2.17. The number of rotatable bonds is 7. The van der Waals surface area contributed by atoms with Crippen molar-refractivity contribution in [2.24, 2.45) is 5.41 Å². The Bertz CT molecular complexity index is 571. The second-order valence-corrected chi connectivity index (χ2v) is 7.00. The van der Waals surface area contributed by atoms with E-state index in [0.717, 1.165) is 11.3 Å². The van der Waals surface area contributed by atoms with Gasteiger partial charge in [-0.25, -0.2) is 4.79 Å². The fourth-order valence-corrected chi connectivity index (χ4v) is 2.22. The number of carbonyl (C=O) groups is 2. The quantitative estimate of drug-likeness (QED) is 0.313. The molecule has 1 aromatic rings. The summed E-state index contributed by atoms with van der Waals surface area (Å²) in [6, 6.07) is 7.62. The maximum Gasteiger partial charge on any atom is 0.338 e. The minimum atomic E-state index is -0.709. The molecule has 0 aliphatic rings. The summed E-state index contributed by atoms with van der Waals surface area (Å²) in [6.07, 6.45) is 2.85. The maximum absolute atomic E-state index is 11.7. The van der Waals surface area contributed by atoms with Crippen LogP contribution in [0.5, 0.6) is 0 Å². The van der Waals surface area contributed by atoms with Gasteiger partial charge in [0.2, 0.25) is 0 Å². The van der Waals surface area contributed by atoms with Crippen LogP contribution in [0.4, 0.5) is 5.69 Å². The molecular formula is C18H23Cl2NO3. The third kappa shape index (κ3) is 6.93. The summed E-state index contributed by atoms with van der Waals surface area (Å²) >= 11 is 11.6. The summed E-state index contributed by atoms with van der Waals surface area (Å²) in [5, 5.41) is 0. The molecule has 0 aliphatic heterocycles. The van der Waals surface area contributed by atoms with Gasteiger partial charge in [0, 0.05) is 36.6 Å². The van der Waals surface area contributed by atoms with Crippen molar-refractivity contribution in [3.05, 3.63) is 35.9 Å². The molecule has 24 heavy (non-hydrogen) atoms. The van der Waals surface area contributed by atoms with Crippen molar-refractivity contribution in [2.45, 2.75) is 20.8 Å². The average molecular weight is 372 g/mol. The molecule has 4 nitrogen and oxygen atoms in total. The Morgan fingerprint density at radius 1 is 1.08 bits per heavy atom. The Balaban J connectivity index is 2.69. The first-order valence-electron chi connectivity index (χ1n) is 7.69. The minimum absolute atomic E-state index is 0.520. The van der Waals surface area contributed by atoms with Gasteiger partial charge in [-0.15, -0.1) is 23.2 Å². The lowest BCUT2D eigenvalue weighted by molar-refractivity contribution is -0.162. The second-order valence-electron chi connectivity index (χ2n) is 6.25. The Kier molecular flexibility index (Phi) is 8.29. The van der Waals surface area contributed by atoms with Gasteiger partial charge >= 0.3 is 11.9 Å². The molecule has 0 aromatic heterocycles. The maximum atomic E-state index is 11.7. The fourth-order valence-electron chi connectivity index (χ4n) is 1.81. The van der Waals surface area contributed by atoms with Crippen molar-refractivity contribution in [2.75, 3.05) is 29.7 Å². The number of anilines is 1. The molecule has 0 spiro atoms. The van der Waals surface area contributed by atoms with E-state index in [1.165, 1.54) is 6.08 Å². The van der Waals surface area contributed by atoms with Crippen LogP contribution in [0.15, 0.2) is 30.3 Å². The van der Waals surface area contributed by atoms with Crippen LogP contribution in [0, 0.1) is 5.41 Å². The van der Waals surface area contributed by atoms with Crippen LogP contribution < -0.4 is 4.90 Å². The zero-order valence-corrected chi connectivity index (χ0v) is 15.7. The Morgan fingerprint density at radius 2 is 1.62 bits per heavy atom. The third-order valence-electron chi connectivity index (χ3n) is 3.18. The average Bonchev–Trinajstić information content (AvgIpc) is 2.52. The molecule has 0 unspecified atom stereocenters. The molecule has 0 saturated carbocycles. The second kappa shape index (κ2) is 9.70. The fraction of sp³-hybridized carbons (Fsp3) is 0.444. The standard InChI is InChI=1S/C18H23Cl2NO3/c1-18(2,3)17(23)24-16(22)9-6-14-4-7-15(8-5-14)21(12-10-19)13-11-20/h4-9H,10-13H2,1-3H3/b9-6+. The van der Waals surface area contributed by atoms with E-state index >= 15 is 0 Å². The van der Waals surface area contributed by atoms with Crippen LogP contribution >= 0.6 is 23.2 Å². The van der Waals surface area contributed by atoms with E-state index in [1.807, 2.05) is 24.3 Å². The van der Waals surface area contributed by atoms with Crippen molar-refractivity contribution >= 4 is 46.9 Å².